The minimum absolute atomic E-state index is 0.0473. The Balaban J connectivity index is 1.92. The van der Waals surface area contributed by atoms with Gasteiger partial charge in [0.05, 0.1) is 12.2 Å². The van der Waals surface area contributed by atoms with Crippen LogP contribution in [0, 0.1) is 0 Å². The van der Waals surface area contributed by atoms with Crippen molar-refractivity contribution < 1.29 is 57.4 Å². The van der Waals surface area contributed by atoms with Crippen molar-refractivity contribution in [2.24, 2.45) is 0 Å². The molecular formula is C26H42O12. The van der Waals surface area contributed by atoms with Crippen molar-refractivity contribution in [1.82, 2.24) is 0 Å². The molecule has 0 saturated carbocycles. The van der Waals surface area contributed by atoms with E-state index in [4.69, 9.17) is 37.9 Å². The van der Waals surface area contributed by atoms with Gasteiger partial charge in [-0.05, 0) is 19.3 Å². The molecule has 0 spiro atoms. The molecule has 0 bridgehead atoms. The number of unbranched alkanes of at least 4 members (excludes halogenated alkanes) is 1. The van der Waals surface area contributed by atoms with E-state index in [-0.39, 0.29) is 25.7 Å². The second-order valence-corrected chi connectivity index (χ2v) is 10.00. The first kappa shape index (κ1) is 30.7. The summed E-state index contributed by atoms with van der Waals surface area (Å²) in [6.07, 6.45) is -2.09. The lowest BCUT2D eigenvalue weighted by Gasteiger charge is -2.53. The van der Waals surface area contributed by atoms with Crippen LogP contribution in [0.4, 0.5) is 0 Å². The van der Waals surface area contributed by atoms with Crippen LogP contribution in [-0.4, -0.2) is 105 Å². The van der Waals surface area contributed by atoms with Gasteiger partial charge in [0.15, 0.2) is 18.0 Å². The third-order valence-electron chi connectivity index (χ3n) is 7.10. The van der Waals surface area contributed by atoms with Crippen molar-refractivity contribution >= 4 is 17.9 Å². The number of rotatable bonds is 13. The number of carbonyl (C=O) groups excluding carboxylic acids is 3. The highest BCUT2D eigenvalue weighted by Gasteiger charge is 2.65. The lowest BCUT2D eigenvalue weighted by Crippen LogP contribution is -2.69. The van der Waals surface area contributed by atoms with E-state index in [0.29, 0.717) is 25.9 Å². The van der Waals surface area contributed by atoms with E-state index < -0.39 is 66.4 Å². The number of hydrogen-bond acceptors (Lipinski definition) is 12. The summed E-state index contributed by atoms with van der Waals surface area (Å²) in [5.41, 5.74) is 0. The van der Waals surface area contributed by atoms with Gasteiger partial charge < -0.3 is 43.0 Å². The molecule has 3 rings (SSSR count). The molecule has 0 aromatic carbocycles. The summed E-state index contributed by atoms with van der Waals surface area (Å²) < 4.78 is 47.8. The summed E-state index contributed by atoms with van der Waals surface area (Å²) in [5, 5.41) is 9.46. The Labute approximate surface area is 223 Å². The predicted molar refractivity (Wildman–Crippen MR) is 130 cm³/mol. The van der Waals surface area contributed by atoms with Crippen LogP contribution in [0.5, 0.6) is 0 Å². The van der Waals surface area contributed by atoms with E-state index >= 15 is 0 Å². The molecule has 0 aliphatic carbocycles. The lowest BCUT2D eigenvalue weighted by molar-refractivity contribution is -0.383. The SMILES string of the molecule is CCCCOC1C(C[C@H](COC(C)=O)OC(C)=O)OC2[C@H]1OC1(OC)CCC(CCO)O[C@@H]1[C@H]2OC(C)=O. The van der Waals surface area contributed by atoms with Crippen LogP contribution in [0.2, 0.25) is 0 Å². The van der Waals surface area contributed by atoms with Crippen molar-refractivity contribution in [1.29, 1.82) is 0 Å². The Morgan fingerprint density at radius 1 is 1.05 bits per heavy atom. The smallest absolute Gasteiger partial charge is 0.303 e. The third-order valence-corrected chi connectivity index (χ3v) is 7.10. The van der Waals surface area contributed by atoms with Crippen LogP contribution in [-0.2, 0) is 52.3 Å². The number of esters is 3. The lowest BCUT2D eigenvalue weighted by atomic mass is 9.84. The summed E-state index contributed by atoms with van der Waals surface area (Å²) in [5.74, 6) is -2.76. The average molecular weight is 547 g/mol. The van der Waals surface area contributed by atoms with Gasteiger partial charge in [0.2, 0.25) is 0 Å². The minimum Gasteiger partial charge on any atom is -0.462 e. The fraction of sp³-hybridized carbons (Fsp3) is 0.885. The van der Waals surface area contributed by atoms with Crippen LogP contribution in [0.15, 0.2) is 0 Å². The van der Waals surface area contributed by atoms with Gasteiger partial charge in [-0.1, -0.05) is 13.3 Å². The number of methoxy groups -OCH3 is 1. The number of carbonyl (C=O) groups is 3. The molecule has 12 heteroatoms. The van der Waals surface area contributed by atoms with Crippen LogP contribution < -0.4 is 0 Å². The fourth-order valence-electron chi connectivity index (χ4n) is 5.45. The summed E-state index contributed by atoms with van der Waals surface area (Å²) in [4.78, 5) is 35.4. The van der Waals surface area contributed by atoms with E-state index in [1.54, 1.807) is 0 Å². The largest absolute Gasteiger partial charge is 0.462 e. The van der Waals surface area contributed by atoms with Gasteiger partial charge in [-0.2, -0.15) is 0 Å². The van der Waals surface area contributed by atoms with E-state index in [0.717, 1.165) is 12.8 Å². The topological polar surface area (TPSA) is 145 Å². The average Bonchev–Trinajstić information content (AvgIpc) is 3.19. The molecule has 0 aromatic rings. The highest BCUT2D eigenvalue weighted by Crippen LogP contribution is 2.47. The molecule has 3 heterocycles. The molecule has 5 unspecified atom stereocenters. The van der Waals surface area contributed by atoms with Crippen molar-refractivity contribution in [3.8, 4) is 0 Å². The zero-order chi connectivity index (χ0) is 27.9. The highest BCUT2D eigenvalue weighted by atomic mass is 16.8. The third kappa shape index (κ3) is 7.42. The maximum atomic E-state index is 12.2. The van der Waals surface area contributed by atoms with Crippen LogP contribution >= 0.6 is 0 Å². The van der Waals surface area contributed by atoms with Crippen LogP contribution in [0.3, 0.4) is 0 Å². The Hall–Kier alpha value is -1.83. The first-order valence-electron chi connectivity index (χ1n) is 13.4. The van der Waals surface area contributed by atoms with E-state index in [1.807, 2.05) is 6.92 Å². The Kier molecular flexibility index (Phi) is 11.3. The molecular weight excluding hydrogens is 504 g/mol. The van der Waals surface area contributed by atoms with Gasteiger partial charge in [0.1, 0.15) is 31.0 Å². The van der Waals surface area contributed by atoms with E-state index in [2.05, 4.69) is 0 Å². The second-order valence-electron chi connectivity index (χ2n) is 10.00. The Morgan fingerprint density at radius 3 is 2.42 bits per heavy atom. The van der Waals surface area contributed by atoms with Gasteiger partial charge in [0.25, 0.3) is 0 Å². The summed E-state index contributed by atoms with van der Waals surface area (Å²) in [6, 6.07) is 0. The normalized spacial score (nSPS) is 35.1. The number of aliphatic hydroxyl groups is 1. The van der Waals surface area contributed by atoms with Crippen molar-refractivity contribution in [3.05, 3.63) is 0 Å². The van der Waals surface area contributed by atoms with Gasteiger partial charge in [-0.15, -0.1) is 0 Å². The van der Waals surface area contributed by atoms with Gasteiger partial charge in [0, 0.05) is 53.9 Å². The number of fused-ring (bicyclic) bond motifs is 2. The molecule has 9 atom stereocenters. The Bertz CT molecular complexity index is 805. The fourth-order valence-corrected chi connectivity index (χ4v) is 5.45. The molecule has 3 aliphatic heterocycles. The van der Waals surface area contributed by atoms with Crippen LogP contribution in [0.25, 0.3) is 0 Å². The number of aliphatic hydroxyl groups excluding tert-OH is 1. The molecule has 1 N–H and O–H groups in total. The first-order valence-corrected chi connectivity index (χ1v) is 13.4. The van der Waals surface area contributed by atoms with Gasteiger partial charge in [-0.3, -0.25) is 14.4 Å². The summed E-state index contributed by atoms with van der Waals surface area (Å²) in [7, 11) is 1.52. The van der Waals surface area contributed by atoms with Gasteiger partial charge >= 0.3 is 17.9 Å². The molecule has 3 aliphatic rings. The molecule has 3 fully saturated rings. The maximum Gasteiger partial charge on any atom is 0.303 e. The number of hydrogen-bond donors (Lipinski definition) is 1. The van der Waals surface area contributed by atoms with E-state index in [1.165, 1.54) is 27.9 Å². The summed E-state index contributed by atoms with van der Waals surface area (Å²) >= 11 is 0. The Morgan fingerprint density at radius 2 is 1.82 bits per heavy atom. The molecule has 218 valence electrons. The zero-order valence-corrected chi connectivity index (χ0v) is 22.9. The quantitative estimate of drug-likeness (QED) is 0.203. The highest BCUT2D eigenvalue weighted by molar-refractivity contribution is 5.67. The van der Waals surface area contributed by atoms with Gasteiger partial charge in [-0.25, -0.2) is 0 Å². The summed E-state index contributed by atoms with van der Waals surface area (Å²) in [6.45, 7) is 6.15. The molecule has 12 nitrogen and oxygen atoms in total. The minimum atomic E-state index is -1.22. The number of ether oxygens (including phenoxy) is 8. The molecule has 38 heavy (non-hydrogen) atoms. The molecule has 0 radical (unpaired) electrons. The monoisotopic (exact) mass is 546 g/mol. The zero-order valence-electron chi connectivity index (χ0n) is 22.9. The standard InChI is InChI=1S/C26H42O12/c1-6-7-12-32-21-20(13-19(34-16(3)29)14-33-15(2)28)37-22-23(21)38-26(31-5)10-8-18(9-11-27)36-25(26)24(22)35-17(4)30/h18-25,27H,6-14H2,1-5H3/t18?,19-,20?,21?,22?,23+,24+,25-,26?/m1/s1. The molecule has 0 aromatic heterocycles. The van der Waals surface area contributed by atoms with E-state index in [9.17, 15) is 19.5 Å². The first-order chi connectivity index (χ1) is 18.1. The predicted octanol–water partition coefficient (Wildman–Crippen LogP) is 1.43. The van der Waals surface area contributed by atoms with Crippen molar-refractivity contribution in [3.63, 3.8) is 0 Å². The molecule has 3 saturated heterocycles. The maximum absolute atomic E-state index is 12.2. The second kappa shape index (κ2) is 14.0. The molecule has 0 amide bonds. The van der Waals surface area contributed by atoms with Crippen LogP contribution in [0.1, 0.15) is 66.2 Å². The van der Waals surface area contributed by atoms with Crippen molar-refractivity contribution in [2.75, 3.05) is 26.9 Å². The van der Waals surface area contributed by atoms with Crippen molar-refractivity contribution in [2.45, 2.75) is 121 Å².